The zero-order valence-corrected chi connectivity index (χ0v) is 18.2. The third-order valence-electron chi connectivity index (χ3n) is 7.69. The summed E-state index contributed by atoms with van der Waals surface area (Å²) in [6, 6.07) is 14.0. The molecule has 0 saturated heterocycles. The van der Waals surface area contributed by atoms with Crippen LogP contribution in [0.25, 0.3) is 49.0 Å². The maximum atomic E-state index is 4.47. The molecule has 0 bridgehead atoms. The molecule has 1 aliphatic carbocycles. The summed E-state index contributed by atoms with van der Waals surface area (Å²) in [5.41, 5.74) is 8.07. The lowest BCUT2D eigenvalue weighted by molar-refractivity contribution is -0.643. The summed E-state index contributed by atoms with van der Waals surface area (Å²) in [7, 11) is 2.18. The summed E-state index contributed by atoms with van der Waals surface area (Å²) in [6.07, 6.45) is 12.9. The Morgan fingerprint density at radius 2 is 1.87 bits per heavy atom. The van der Waals surface area contributed by atoms with Gasteiger partial charge in [-0.25, -0.2) is 4.57 Å². The summed E-state index contributed by atoms with van der Waals surface area (Å²) in [5, 5.41) is 6.63. The molecule has 4 aromatic heterocycles. The second-order valence-electron chi connectivity index (χ2n) is 9.59. The van der Waals surface area contributed by atoms with E-state index in [1.807, 2.05) is 12.4 Å². The van der Waals surface area contributed by atoms with Gasteiger partial charge >= 0.3 is 0 Å². The van der Waals surface area contributed by atoms with Crippen LogP contribution in [0.2, 0.25) is 0 Å². The van der Waals surface area contributed by atoms with Crippen molar-refractivity contribution in [1.29, 1.82) is 0 Å². The Hall–Kier alpha value is -3.20. The first-order chi connectivity index (χ1) is 15.2. The molecule has 3 heteroatoms. The zero-order chi connectivity index (χ0) is 20.7. The summed E-state index contributed by atoms with van der Waals surface area (Å²) < 4.78 is 4.83. The highest BCUT2D eigenvalue weighted by Gasteiger charge is 2.24. The Morgan fingerprint density at radius 1 is 1.00 bits per heavy atom. The number of aryl methyl sites for hydroxylation is 2. The number of benzene rings is 2. The summed E-state index contributed by atoms with van der Waals surface area (Å²) >= 11 is 0. The molecule has 0 aliphatic heterocycles. The molecular formula is C28H26N3+. The quantitative estimate of drug-likeness (QED) is 0.190. The molecule has 1 saturated carbocycles. The lowest BCUT2D eigenvalue weighted by atomic mass is 9.94. The van der Waals surface area contributed by atoms with Crippen molar-refractivity contribution in [3.8, 4) is 0 Å². The van der Waals surface area contributed by atoms with Crippen molar-refractivity contribution in [2.24, 2.45) is 13.0 Å². The lowest BCUT2D eigenvalue weighted by Gasteiger charge is -2.15. The van der Waals surface area contributed by atoms with Gasteiger partial charge in [0, 0.05) is 29.2 Å². The van der Waals surface area contributed by atoms with Gasteiger partial charge < -0.3 is 4.40 Å². The van der Waals surface area contributed by atoms with Crippen LogP contribution in [-0.2, 0) is 13.5 Å². The average Bonchev–Trinajstić information content (AvgIpc) is 3.40. The Labute approximate surface area is 181 Å². The summed E-state index contributed by atoms with van der Waals surface area (Å²) in [6.45, 7) is 2.24. The highest BCUT2D eigenvalue weighted by Crippen LogP contribution is 2.41. The van der Waals surface area contributed by atoms with Crippen molar-refractivity contribution in [2.75, 3.05) is 0 Å². The van der Waals surface area contributed by atoms with Crippen molar-refractivity contribution >= 4 is 49.0 Å². The van der Waals surface area contributed by atoms with E-state index in [2.05, 4.69) is 70.5 Å². The molecule has 3 nitrogen and oxygen atoms in total. The van der Waals surface area contributed by atoms with Crippen LogP contribution in [0.15, 0.2) is 55.0 Å². The molecule has 6 aromatic rings. The highest BCUT2D eigenvalue weighted by molar-refractivity contribution is 6.25. The number of hydrogen-bond acceptors (Lipinski definition) is 1. The van der Waals surface area contributed by atoms with Gasteiger partial charge in [-0.3, -0.25) is 4.98 Å². The normalized spacial score (nSPS) is 15.5. The maximum absolute atomic E-state index is 4.47. The second kappa shape index (κ2) is 6.16. The third kappa shape index (κ3) is 2.29. The van der Waals surface area contributed by atoms with E-state index in [4.69, 9.17) is 0 Å². The summed E-state index contributed by atoms with van der Waals surface area (Å²) in [5.74, 6) is 0.840. The lowest BCUT2D eigenvalue weighted by Crippen LogP contribution is -2.29. The molecule has 31 heavy (non-hydrogen) atoms. The van der Waals surface area contributed by atoms with Crippen LogP contribution in [-0.4, -0.2) is 9.38 Å². The summed E-state index contributed by atoms with van der Waals surface area (Å²) in [4.78, 5) is 4.47. The molecule has 0 radical (unpaired) electrons. The molecule has 152 valence electrons. The van der Waals surface area contributed by atoms with Gasteiger partial charge in [0.25, 0.3) is 0 Å². The molecule has 4 heterocycles. The molecule has 1 aliphatic rings. The Kier molecular flexibility index (Phi) is 3.47. The SMILES string of the molecule is Cc1ccc2c3cnccc3n3c4cc(CC5CCCC5)cc5cc[n+](C)c(c1c23)c54. The van der Waals surface area contributed by atoms with Gasteiger partial charge in [0.15, 0.2) is 6.20 Å². The minimum absolute atomic E-state index is 0.840. The van der Waals surface area contributed by atoms with Crippen LogP contribution >= 0.6 is 0 Å². The Balaban J connectivity index is 1.73. The fourth-order valence-corrected chi connectivity index (χ4v) is 6.29. The third-order valence-corrected chi connectivity index (χ3v) is 7.69. The van der Waals surface area contributed by atoms with Gasteiger partial charge in [-0.1, -0.05) is 43.9 Å². The fraction of sp³-hybridized carbons (Fsp3) is 0.286. The first kappa shape index (κ1) is 17.5. The predicted molar refractivity (Wildman–Crippen MR) is 128 cm³/mol. The van der Waals surface area contributed by atoms with Crippen LogP contribution < -0.4 is 4.57 Å². The molecule has 0 atom stereocenters. The Morgan fingerprint density at radius 3 is 2.74 bits per heavy atom. The number of rotatable bonds is 2. The van der Waals surface area contributed by atoms with Gasteiger partial charge in [-0.2, -0.15) is 0 Å². The monoisotopic (exact) mass is 404 g/mol. The van der Waals surface area contributed by atoms with E-state index in [1.54, 1.807) is 0 Å². The van der Waals surface area contributed by atoms with Crippen molar-refractivity contribution in [3.63, 3.8) is 0 Å². The van der Waals surface area contributed by atoms with Crippen LogP contribution in [0.1, 0.15) is 36.8 Å². The van der Waals surface area contributed by atoms with Crippen molar-refractivity contribution in [2.45, 2.75) is 39.0 Å². The van der Waals surface area contributed by atoms with E-state index >= 15 is 0 Å². The van der Waals surface area contributed by atoms with E-state index < -0.39 is 0 Å². The smallest absolute Gasteiger partial charge is 0.224 e. The van der Waals surface area contributed by atoms with E-state index in [9.17, 15) is 0 Å². The number of pyridine rings is 3. The molecule has 0 unspecified atom stereocenters. The van der Waals surface area contributed by atoms with Gasteiger partial charge in [0.2, 0.25) is 5.52 Å². The number of hydrogen-bond donors (Lipinski definition) is 0. The Bertz CT molecular complexity index is 1630. The van der Waals surface area contributed by atoms with Crippen LogP contribution in [0, 0.1) is 12.8 Å². The molecular weight excluding hydrogens is 378 g/mol. The highest BCUT2D eigenvalue weighted by atomic mass is 15.0. The van der Waals surface area contributed by atoms with Gasteiger partial charge in [0.05, 0.1) is 27.3 Å². The van der Waals surface area contributed by atoms with E-state index in [0.29, 0.717) is 0 Å². The molecule has 0 N–H and O–H groups in total. The minimum atomic E-state index is 0.840. The van der Waals surface area contributed by atoms with E-state index in [1.165, 1.54) is 92.2 Å². The van der Waals surface area contributed by atoms with Crippen LogP contribution in [0.4, 0.5) is 0 Å². The van der Waals surface area contributed by atoms with Crippen molar-refractivity contribution in [3.05, 3.63) is 66.1 Å². The van der Waals surface area contributed by atoms with Gasteiger partial charge in [-0.05, 0) is 47.9 Å². The van der Waals surface area contributed by atoms with Crippen LogP contribution in [0.3, 0.4) is 0 Å². The standard InChI is InChI=1S/C28H26N3/c1-17-7-8-21-22-16-29-11-9-23(22)31-24-15-19(13-18-5-3-4-6-18)14-20-10-12-30(2)28(26(20)24)25(17)27(21)31/h7-12,14-16,18H,3-6,13H2,1-2H3/q+1. The maximum Gasteiger partial charge on any atom is 0.224 e. The number of nitrogens with zero attached hydrogens (tertiary/aromatic N) is 3. The molecule has 0 amide bonds. The fourth-order valence-electron chi connectivity index (χ4n) is 6.29. The van der Waals surface area contributed by atoms with E-state index in [0.717, 1.165) is 5.92 Å². The van der Waals surface area contributed by atoms with Gasteiger partial charge in [-0.15, -0.1) is 0 Å². The average molecular weight is 405 g/mol. The zero-order valence-electron chi connectivity index (χ0n) is 18.2. The first-order valence-corrected chi connectivity index (χ1v) is 11.5. The van der Waals surface area contributed by atoms with Crippen molar-refractivity contribution < 1.29 is 4.57 Å². The minimum Gasteiger partial charge on any atom is -0.307 e. The topological polar surface area (TPSA) is 21.2 Å². The molecule has 7 rings (SSSR count). The molecule has 2 aromatic carbocycles. The van der Waals surface area contributed by atoms with E-state index in [-0.39, 0.29) is 0 Å². The largest absolute Gasteiger partial charge is 0.307 e. The van der Waals surface area contributed by atoms with Crippen molar-refractivity contribution in [1.82, 2.24) is 9.38 Å². The van der Waals surface area contributed by atoms with Crippen LogP contribution in [0.5, 0.6) is 0 Å². The first-order valence-electron chi connectivity index (χ1n) is 11.5. The number of aromatic nitrogens is 3. The van der Waals surface area contributed by atoms with Gasteiger partial charge in [0.1, 0.15) is 7.05 Å². The second-order valence-corrected chi connectivity index (χ2v) is 9.59. The predicted octanol–water partition coefficient (Wildman–Crippen LogP) is 6.25. The number of fused-ring (bicyclic) bond motifs is 5. The molecule has 1 fully saturated rings. The molecule has 0 spiro atoms.